The van der Waals surface area contributed by atoms with Gasteiger partial charge in [0.25, 0.3) is 0 Å². The molecule has 80 valence electrons. The largest absolute Gasteiger partial charge is 0.350 e. The van der Waals surface area contributed by atoms with Crippen molar-refractivity contribution in [2.45, 2.75) is 52.5 Å². The van der Waals surface area contributed by atoms with E-state index >= 15 is 0 Å². The minimum absolute atomic E-state index is 0.138. The third-order valence-electron chi connectivity index (χ3n) is 2.87. The van der Waals surface area contributed by atoms with Gasteiger partial charge >= 0.3 is 0 Å². The molecule has 0 heterocycles. The molecule has 0 aromatic rings. The van der Waals surface area contributed by atoms with Crippen LogP contribution in [0, 0.1) is 17.2 Å². The Bertz CT molecular complexity index is 226. The van der Waals surface area contributed by atoms with Gasteiger partial charge in [0.15, 0.2) is 0 Å². The molecule has 1 unspecified atom stereocenters. The first-order valence-corrected chi connectivity index (χ1v) is 5.24. The summed E-state index contributed by atoms with van der Waals surface area (Å²) in [6.45, 7) is 7.94. The van der Waals surface area contributed by atoms with Gasteiger partial charge in [-0.15, -0.1) is 0 Å². The average molecular weight is 196 g/mol. The molecule has 0 aromatic carbocycles. The average Bonchev–Trinajstić information content (AvgIpc) is 2.19. The molecule has 0 spiro atoms. The quantitative estimate of drug-likeness (QED) is 0.733. The van der Waals surface area contributed by atoms with Crippen LogP contribution >= 0.6 is 0 Å². The fraction of sp³-hybridized carbons (Fsp3) is 0.818. The van der Waals surface area contributed by atoms with Crippen LogP contribution in [0.3, 0.4) is 0 Å². The summed E-state index contributed by atoms with van der Waals surface area (Å²) in [7, 11) is 0. The van der Waals surface area contributed by atoms with Crippen LogP contribution in [0.4, 0.5) is 0 Å². The molecule has 0 radical (unpaired) electrons. The molecule has 0 aliphatic rings. The first-order chi connectivity index (χ1) is 6.52. The second kappa shape index (κ2) is 5.64. The molecule has 0 aliphatic heterocycles. The molecule has 0 aromatic heterocycles. The lowest BCUT2D eigenvalue weighted by Crippen LogP contribution is -2.47. The number of hydrogen-bond acceptors (Lipinski definition) is 2. The predicted octanol–water partition coefficient (Wildman–Crippen LogP) is 2.23. The number of nitrogens with zero attached hydrogens (tertiary/aromatic N) is 1. The minimum atomic E-state index is -0.507. The number of hydrogen-bond donors (Lipinski definition) is 1. The normalized spacial score (nSPS) is 13.1. The Labute approximate surface area is 86.5 Å². The second-order valence-corrected chi connectivity index (χ2v) is 3.85. The zero-order valence-corrected chi connectivity index (χ0v) is 9.55. The Balaban J connectivity index is 4.37. The monoisotopic (exact) mass is 196 g/mol. The number of nitriles is 1. The van der Waals surface area contributed by atoms with Gasteiger partial charge in [0.2, 0.25) is 5.91 Å². The molecule has 1 N–H and O–H groups in total. The van der Waals surface area contributed by atoms with Crippen LogP contribution in [0.25, 0.3) is 0 Å². The molecule has 0 saturated heterocycles. The fourth-order valence-corrected chi connectivity index (χ4v) is 1.15. The lowest BCUT2D eigenvalue weighted by molar-refractivity contribution is -0.125. The van der Waals surface area contributed by atoms with E-state index in [-0.39, 0.29) is 11.4 Å². The van der Waals surface area contributed by atoms with Gasteiger partial charge in [0.05, 0.1) is 6.07 Å². The van der Waals surface area contributed by atoms with Crippen molar-refractivity contribution in [2.24, 2.45) is 5.92 Å². The molecular weight excluding hydrogens is 176 g/mol. The van der Waals surface area contributed by atoms with Crippen LogP contribution in [0.2, 0.25) is 0 Å². The van der Waals surface area contributed by atoms with Crippen LogP contribution in [-0.4, -0.2) is 11.4 Å². The van der Waals surface area contributed by atoms with Crippen molar-refractivity contribution in [2.75, 3.05) is 0 Å². The van der Waals surface area contributed by atoms with Crippen molar-refractivity contribution in [1.29, 1.82) is 5.26 Å². The first kappa shape index (κ1) is 13.0. The number of rotatable bonds is 5. The van der Waals surface area contributed by atoms with Crippen LogP contribution in [0.5, 0.6) is 0 Å². The van der Waals surface area contributed by atoms with E-state index in [1.165, 1.54) is 0 Å². The number of carbonyl (C=O) groups is 1. The zero-order chi connectivity index (χ0) is 11.2. The van der Waals surface area contributed by atoms with E-state index in [9.17, 15) is 4.79 Å². The van der Waals surface area contributed by atoms with Gasteiger partial charge in [-0.05, 0) is 26.2 Å². The summed E-state index contributed by atoms with van der Waals surface area (Å²) in [5.74, 6) is -0.645. The van der Waals surface area contributed by atoms with Gasteiger partial charge in [0, 0.05) is 5.54 Å². The molecule has 1 atom stereocenters. The first-order valence-electron chi connectivity index (χ1n) is 5.24. The summed E-state index contributed by atoms with van der Waals surface area (Å²) in [4.78, 5) is 11.6. The molecule has 0 bridgehead atoms. The van der Waals surface area contributed by atoms with Crippen molar-refractivity contribution >= 4 is 5.91 Å². The van der Waals surface area contributed by atoms with E-state index in [1.807, 2.05) is 33.8 Å². The van der Waals surface area contributed by atoms with Crippen molar-refractivity contribution < 1.29 is 4.79 Å². The highest BCUT2D eigenvalue weighted by atomic mass is 16.2. The second-order valence-electron chi connectivity index (χ2n) is 3.85. The smallest absolute Gasteiger partial charge is 0.237 e. The van der Waals surface area contributed by atoms with E-state index < -0.39 is 5.92 Å². The Hall–Kier alpha value is -1.04. The molecule has 3 nitrogen and oxygen atoms in total. The number of nitrogens with one attached hydrogen (secondary N) is 1. The van der Waals surface area contributed by atoms with E-state index in [0.29, 0.717) is 6.42 Å². The van der Waals surface area contributed by atoms with Gasteiger partial charge in [-0.2, -0.15) is 5.26 Å². The summed E-state index contributed by atoms with van der Waals surface area (Å²) in [6.07, 6.45) is 2.35. The Kier molecular flexibility index (Phi) is 5.22. The van der Waals surface area contributed by atoms with Gasteiger partial charge in [-0.1, -0.05) is 20.8 Å². The molecular formula is C11H20N2O. The fourth-order valence-electron chi connectivity index (χ4n) is 1.15. The maximum Gasteiger partial charge on any atom is 0.237 e. The summed E-state index contributed by atoms with van der Waals surface area (Å²) < 4.78 is 0. The highest BCUT2D eigenvalue weighted by molar-refractivity contribution is 5.81. The topological polar surface area (TPSA) is 52.9 Å². The van der Waals surface area contributed by atoms with Crippen molar-refractivity contribution in [3.63, 3.8) is 0 Å². The standard InChI is InChI=1S/C11H20N2O/c1-5-9(8-12)10(14)13-11(4,6-2)7-3/h9H,5-7H2,1-4H3,(H,13,14). The van der Waals surface area contributed by atoms with E-state index in [4.69, 9.17) is 5.26 Å². The summed E-state index contributed by atoms with van der Waals surface area (Å²) in [5, 5.41) is 11.7. The Morgan fingerprint density at radius 1 is 1.43 bits per heavy atom. The van der Waals surface area contributed by atoms with Gasteiger partial charge < -0.3 is 5.32 Å². The minimum Gasteiger partial charge on any atom is -0.350 e. The molecule has 14 heavy (non-hydrogen) atoms. The van der Waals surface area contributed by atoms with Gasteiger partial charge in [0.1, 0.15) is 5.92 Å². The SMILES string of the molecule is CCC(C#N)C(=O)NC(C)(CC)CC. The maximum absolute atomic E-state index is 11.6. The van der Waals surface area contributed by atoms with Crippen molar-refractivity contribution in [3.8, 4) is 6.07 Å². The maximum atomic E-state index is 11.6. The van der Waals surface area contributed by atoms with Crippen molar-refractivity contribution in [3.05, 3.63) is 0 Å². The third-order valence-corrected chi connectivity index (χ3v) is 2.87. The lowest BCUT2D eigenvalue weighted by atomic mass is 9.94. The summed E-state index contributed by atoms with van der Waals surface area (Å²) in [5.41, 5.74) is -0.165. The van der Waals surface area contributed by atoms with Crippen LogP contribution in [0.1, 0.15) is 47.0 Å². The van der Waals surface area contributed by atoms with Crippen LogP contribution in [-0.2, 0) is 4.79 Å². The Morgan fingerprint density at radius 3 is 2.21 bits per heavy atom. The molecule has 3 heteroatoms. The molecule has 1 amide bonds. The molecule has 0 aliphatic carbocycles. The van der Waals surface area contributed by atoms with E-state index in [1.54, 1.807) is 0 Å². The van der Waals surface area contributed by atoms with Crippen LogP contribution in [0.15, 0.2) is 0 Å². The Morgan fingerprint density at radius 2 is 1.93 bits per heavy atom. The number of carbonyl (C=O) groups excluding carboxylic acids is 1. The van der Waals surface area contributed by atoms with Gasteiger partial charge in [-0.3, -0.25) is 4.79 Å². The molecule has 0 rings (SSSR count). The highest BCUT2D eigenvalue weighted by Crippen LogP contribution is 2.15. The van der Waals surface area contributed by atoms with E-state index in [0.717, 1.165) is 12.8 Å². The highest BCUT2D eigenvalue weighted by Gasteiger charge is 2.25. The number of amides is 1. The van der Waals surface area contributed by atoms with Crippen LogP contribution < -0.4 is 5.32 Å². The summed E-state index contributed by atoms with van der Waals surface area (Å²) in [6, 6.07) is 2.01. The molecule has 0 fully saturated rings. The molecule has 0 saturated carbocycles. The zero-order valence-electron chi connectivity index (χ0n) is 9.55. The van der Waals surface area contributed by atoms with Crippen molar-refractivity contribution in [1.82, 2.24) is 5.32 Å². The van der Waals surface area contributed by atoms with E-state index in [2.05, 4.69) is 5.32 Å². The third kappa shape index (κ3) is 3.37. The summed E-state index contributed by atoms with van der Waals surface area (Å²) >= 11 is 0. The lowest BCUT2D eigenvalue weighted by Gasteiger charge is -2.29. The predicted molar refractivity (Wildman–Crippen MR) is 56.5 cm³/mol. The van der Waals surface area contributed by atoms with Gasteiger partial charge in [-0.25, -0.2) is 0 Å².